The first-order valence-corrected chi connectivity index (χ1v) is 49.3. The van der Waals surface area contributed by atoms with E-state index in [9.17, 15) is 57.3 Å². The molecule has 118 heavy (non-hydrogen) atoms. The van der Waals surface area contributed by atoms with Crippen molar-refractivity contribution in [2.45, 2.75) is 438 Å². The normalized spacial score (nSPS) is 13.5. The van der Waals surface area contributed by atoms with Gasteiger partial charge in [0.05, 0.1) is 77.8 Å². The Bertz CT molecular complexity index is 2430. The van der Waals surface area contributed by atoms with E-state index in [1.165, 1.54) is 116 Å². The van der Waals surface area contributed by atoms with Crippen LogP contribution in [-0.2, 0) is 84.5 Å². The van der Waals surface area contributed by atoms with Gasteiger partial charge in [0.2, 0.25) is 23.6 Å². The van der Waals surface area contributed by atoms with Gasteiger partial charge >= 0.3 is 71.1 Å². The molecule has 6 atom stereocenters. The van der Waals surface area contributed by atoms with Crippen molar-refractivity contribution in [1.82, 2.24) is 21.3 Å². The van der Waals surface area contributed by atoms with Crippen molar-refractivity contribution in [3.8, 4) is 0 Å². The number of ether oxygens (including phenoxy) is 4. The van der Waals surface area contributed by atoms with E-state index in [-0.39, 0.29) is 185 Å². The molecule has 0 aliphatic carbocycles. The number of hydrogen-bond donors (Lipinski definition) is 4. The van der Waals surface area contributed by atoms with Crippen LogP contribution in [0.2, 0.25) is 0 Å². The van der Waals surface area contributed by atoms with Gasteiger partial charge in [-0.25, -0.2) is 0 Å². The number of esters is 2. The number of unbranched alkanes of at least 4 members (excludes halogenated alkanes) is 37. The molecule has 4 N–H and O–H groups in total. The maximum atomic E-state index is 13.2. The van der Waals surface area contributed by atoms with Gasteiger partial charge in [-0.3, -0.25) is 47.5 Å². The molecule has 6 unspecified atom stereocenters. The molecule has 0 aromatic rings. The third-order valence-electron chi connectivity index (χ3n) is 20.3. The Labute approximate surface area is 760 Å². The van der Waals surface area contributed by atoms with Crippen molar-refractivity contribution < 1.29 is 153 Å². The zero-order valence-electron chi connectivity index (χ0n) is 75.8. The number of hydrogen-bond acceptors (Lipinski definition) is 20. The zero-order chi connectivity index (χ0) is 85.3. The molecule has 0 aromatic carbocycles. The summed E-state index contributed by atoms with van der Waals surface area (Å²) in [5.41, 5.74) is 0. The second kappa shape index (κ2) is 88.2. The van der Waals surface area contributed by atoms with E-state index in [1.54, 1.807) is 0 Å². The molecule has 4 amide bonds. The van der Waals surface area contributed by atoms with Crippen molar-refractivity contribution >= 4 is 62.8 Å². The number of amides is 4. The molecule has 0 spiro atoms. The number of Topliss-reactive ketones (excluding diaryl/α,β-unsaturated/α-hetero) is 2. The molecule has 0 aliphatic heterocycles. The number of phosphoric ester groups is 2. The number of allylic oxidation sites excluding steroid dienone is 4. The molecule has 28 heteroatoms. The van der Waals surface area contributed by atoms with Gasteiger partial charge in [0.25, 0.3) is 15.6 Å². The number of carbonyl (C=O) groups excluding carboxylic acids is 8. The van der Waals surface area contributed by atoms with Crippen LogP contribution in [0.4, 0.5) is 0 Å². The summed E-state index contributed by atoms with van der Waals surface area (Å²) in [6, 6.07) is -1.97. The second-order valence-corrected chi connectivity index (χ2v) is 34.5. The number of phosphoric acid groups is 2. The Hall–Kier alpha value is -2.22. The Balaban J connectivity index is -0.0000661. The molecule has 0 radical (unpaired) electrons. The topological polar surface area (TPSA) is 339 Å². The van der Waals surface area contributed by atoms with Crippen LogP contribution in [0.25, 0.3) is 0 Å². The molecule has 0 fully saturated rings. The molecule has 0 bridgehead atoms. The van der Waals surface area contributed by atoms with Crippen LogP contribution in [0.15, 0.2) is 24.3 Å². The first kappa shape index (κ1) is 120. The van der Waals surface area contributed by atoms with Gasteiger partial charge in [0.15, 0.2) is 0 Å². The van der Waals surface area contributed by atoms with Crippen molar-refractivity contribution in [2.24, 2.45) is 0 Å². The van der Waals surface area contributed by atoms with E-state index >= 15 is 0 Å². The van der Waals surface area contributed by atoms with Gasteiger partial charge in [-0.2, -0.15) is 0 Å². The van der Waals surface area contributed by atoms with Crippen LogP contribution in [0.1, 0.15) is 414 Å². The van der Waals surface area contributed by atoms with E-state index in [4.69, 9.17) is 37.0 Å². The van der Waals surface area contributed by atoms with E-state index in [1.807, 2.05) is 0 Å². The van der Waals surface area contributed by atoms with Crippen molar-refractivity contribution in [3.63, 3.8) is 0 Å². The predicted molar refractivity (Wildman–Crippen MR) is 460 cm³/mol. The Kier molecular flexibility index (Phi) is 89.7. The minimum absolute atomic E-state index is 0. The number of carbonyl (C=O) groups is 8. The van der Waals surface area contributed by atoms with E-state index in [0.29, 0.717) is 89.9 Å². The van der Waals surface area contributed by atoms with Gasteiger partial charge in [-0.15, -0.1) is 0 Å². The predicted octanol–water partition coefficient (Wildman–Crippen LogP) is 14.1. The fourth-order valence-electron chi connectivity index (χ4n) is 13.3. The summed E-state index contributed by atoms with van der Waals surface area (Å²) in [5, 5.41) is 10.7. The Morgan fingerprint density at radius 2 is 0.585 bits per heavy atom. The third-order valence-corrected chi connectivity index (χ3v) is 22.2. The minimum Gasteiger partial charge on any atom is -0.756 e. The largest absolute Gasteiger partial charge is 1.00 e. The van der Waals surface area contributed by atoms with E-state index in [2.05, 4.69) is 87.1 Å². The molecule has 0 heterocycles. The van der Waals surface area contributed by atoms with E-state index in [0.717, 1.165) is 128 Å². The molecule has 0 aromatic heterocycles. The van der Waals surface area contributed by atoms with Gasteiger partial charge in [0, 0.05) is 64.5 Å². The van der Waals surface area contributed by atoms with Crippen molar-refractivity contribution in [3.05, 3.63) is 24.3 Å². The average molecular weight is 1730 g/mol. The summed E-state index contributed by atoms with van der Waals surface area (Å²) in [7, 11) is -9.93. The second-order valence-electron chi connectivity index (χ2n) is 31.7. The average Bonchev–Trinajstić information content (AvgIpc) is 0.903. The molecule has 0 saturated heterocycles. The summed E-state index contributed by atoms with van der Waals surface area (Å²) in [5.74, 6) is -2.83. The van der Waals surface area contributed by atoms with E-state index < -0.39 is 66.0 Å². The maximum absolute atomic E-state index is 13.2. The van der Waals surface area contributed by atoms with Crippen LogP contribution in [0, 0.1) is 0 Å². The molecule has 0 rings (SSSR count). The first-order valence-electron chi connectivity index (χ1n) is 46.4. The first-order chi connectivity index (χ1) is 56.2. The van der Waals surface area contributed by atoms with Gasteiger partial charge in [-0.1, -0.05) is 271 Å². The summed E-state index contributed by atoms with van der Waals surface area (Å²) in [6.45, 7) is 10.8. The fourth-order valence-corrected chi connectivity index (χ4v) is 14.8. The minimum atomic E-state index is -4.96. The molecule has 678 valence electrons. The molecular formula is C90H166N4Na2O20P2. The monoisotopic (exact) mass is 1730 g/mol. The van der Waals surface area contributed by atoms with Crippen LogP contribution in [0.5, 0.6) is 0 Å². The summed E-state index contributed by atoms with van der Waals surface area (Å²) < 4.78 is 70.5. The van der Waals surface area contributed by atoms with Crippen LogP contribution < -0.4 is 90.2 Å². The number of nitrogens with one attached hydrogen (secondary N) is 4. The quantitative estimate of drug-likeness (QED) is 0.0110. The third kappa shape index (κ3) is 84.6. The summed E-state index contributed by atoms with van der Waals surface area (Å²) >= 11 is 0. The molecular weight excluding hydrogens is 1560 g/mol. The van der Waals surface area contributed by atoms with Gasteiger partial charge < -0.3 is 68.1 Å². The Morgan fingerprint density at radius 1 is 0.305 bits per heavy atom. The number of ketones is 2. The fraction of sp³-hybridized carbons (Fsp3) is 0.867. The van der Waals surface area contributed by atoms with Gasteiger partial charge in [0.1, 0.15) is 23.8 Å². The Morgan fingerprint density at radius 3 is 0.907 bits per heavy atom. The summed E-state index contributed by atoms with van der Waals surface area (Å²) in [6.07, 6.45) is 57.5. The smallest absolute Gasteiger partial charge is 0.756 e. The number of rotatable bonds is 89. The van der Waals surface area contributed by atoms with Crippen molar-refractivity contribution in [2.75, 3.05) is 65.9 Å². The zero-order valence-corrected chi connectivity index (χ0v) is 81.6. The van der Waals surface area contributed by atoms with Crippen LogP contribution in [-0.4, -0.2) is 137 Å². The molecule has 24 nitrogen and oxygen atoms in total. The maximum Gasteiger partial charge on any atom is 1.00 e. The molecule has 0 aliphatic rings. The standard InChI is InChI=1S/C90H168N4O20P2.2Na/c1-7-13-19-25-29-33-37-43-49-57-81(95)73-87(99)93-79(75-107-69-65-83(59-51-41-23-17-11-5)113-89(101)63-55-45-39-35-31-27-21-15-9-3)77-111-115(103,104)109-71-67-91-85(97)61-53-47-48-54-62-86(98)92-68-72-110-116(105,106)112-78-80(94-88(100)74-82(96)58-50-44-38-34-30-26-20-14-8-2)76-108-70-66-84(60-52-42-24-18-12-6)114-90(102)64-56-46-40-36-32-28-22-16-10-4;;/h35-36,39-40,79-80,83-84H,7-34,37-38,41-78H2,1-6H3,(H,91,97)(H,92,98)(H,93,99)(H,94,100)(H,103,104)(H,105,106);;/q;2*+1/p-2/b39-35-,40-36-;;. The van der Waals surface area contributed by atoms with Crippen LogP contribution in [0.3, 0.4) is 0 Å². The van der Waals surface area contributed by atoms with Gasteiger partial charge in [-0.05, 0) is 103 Å². The summed E-state index contributed by atoms with van der Waals surface area (Å²) in [4.78, 5) is 130. The molecule has 0 saturated carbocycles. The van der Waals surface area contributed by atoms with Crippen LogP contribution >= 0.6 is 15.6 Å². The SMILES string of the molecule is CCCCCC/C=C\CCCC(=O)OC(CCCCCCC)CCOCC(COP(=O)([O-])OCCNC(=O)CCCCCCC(=O)NCCOP(=O)([O-])OCC(COCCC(CCCCCCC)OC(=O)CCC/C=C\CCCCCC)NC(=O)CC(=O)CCCCCCCCCCC)NC(=O)CC(=O)CCCCCCCCCCC.[Na+].[Na+]. The van der Waals surface area contributed by atoms with Crippen molar-refractivity contribution in [1.29, 1.82) is 0 Å².